The summed E-state index contributed by atoms with van der Waals surface area (Å²) in [6, 6.07) is 9.17. The van der Waals surface area contributed by atoms with E-state index in [0.717, 1.165) is 3.57 Å². The summed E-state index contributed by atoms with van der Waals surface area (Å²) < 4.78 is 29.5. The number of nitrogens with zero attached hydrogens (tertiary/aromatic N) is 1. The Bertz CT molecular complexity index is 1080. The summed E-state index contributed by atoms with van der Waals surface area (Å²) in [5.41, 5.74) is 2.97. The molecular formula is C19H23IN4O5S. The summed E-state index contributed by atoms with van der Waals surface area (Å²) >= 11 is 2.07. The number of pyridine rings is 1. The minimum atomic E-state index is -3.94. The van der Waals surface area contributed by atoms with Crippen molar-refractivity contribution < 1.29 is 18.0 Å². The molecule has 11 heteroatoms. The van der Waals surface area contributed by atoms with Crippen LogP contribution in [0, 0.1) is 10.5 Å². The number of anilines is 1. The van der Waals surface area contributed by atoms with Gasteiger partial charge < -0.3 is 9.88 Å². The second kappa shape index (κ2) is 10.6. The molecule has 0 aliphatic heterocycles. The minimum Gasteiger partial charge on any atom is -0.352 e. The van der Waals surface area contributed by atoms with Gasteiger partial charge in [-0.3, -0.25) is 24.6 Å². The fraction of sp³-hybridized carbons (Fsp3) is 0.263. The molecule has 2 aromatic rings. The number of hydrogen-bond donors (Lipinski definition) is 3. The molecule has 1 aromatic carbocycles. The summed E-state index contributed by atoms with van der Waals surface area (Å²) in [6.07, 6.45) is 0. The molecule has 1 aromatic heterocycles. The van der Waals surface area contributed by atoms with Crippen LogP contribution in [0.15, 0.2) is 58.4 Å². The van der Waals surface area contributed by atoms with Crippen LogP contribution in [0.3, 0.4) is 0 Å². The van der Waals surface area contributed by atoms with Crippen LogP contribution in [0.5, 0.6) is 0 Å². The Labute approximate surface area is 188 Å². The number of sulfonamides is 1. The highest BCUT2D eigenvalue weighted by Gasteiger charge is 2.18. The van der Waals surface area contributed by atoms with E-state index in [4.69, 9.17) is 4.84 Å². The van der Waals surface area contributed by atoms with Gasteiger partial charge in [-0.05, 0) is 72.8 Å². The van der Waals surface area contributed by atoms with Crippen LogP contribution in [0.4, 0.5) is 5.69 Å². The van der Waals surface area contributed by atoms with E-state index in [0.29, 0.717) is 11.4 Å². The number of aryl methyl sites for hydroxylation is 1. The topological polar surface area (TPSA) is 119 Å². The van der Waals surface area contributed by atoms with Gasteiger partial charge in [0.2, 0.25) is 5.91 Å². The molecule has 9 nitrogen and oxygen atoms in total. The highest BCUT2D eigenvalue weighted by Crippen LogP contribution is 2.15. The summed E-state index contributed by atoms with van der Waals surface area (Å²) in [5, 5.41) is 2.63. The van der Waals surface area contributed by atoms with Crippen LogP contribution >= 0.6 is 22.6 Å². The van der Waals surface area contributed by atoms with Gasteiger partial charge in [0.25, 0.3) is 15.6 Å². The maximum atomic E-state index is 12.8. The molecule has 162 valence electrons. The number of carbonyl (C=O) groups excluding carboxylic acids is 1. The standard InChI is InChI=1S/C19H23IN4O5S/c1-13(2)22-29-11-10-21-18(25)12-24-14(3)4-9-17(19(24)26)23-30(27,28)16-7-5-15(20)6-8-16/h4-9,22-23H,1,10-12H2,2-3H3,(H,21,25). The van der Waals surface area contributed by atoms with Crippen LogP contribution in [0.2, 0.25) is 0 Å². The fourth-order valence-corrected chi connectivity index (χ4v) is 3.79. The molecule has 1 amide bonds. The van der Waals surface area contributed by atoms with Crippen molar-refractivity contribution in [3.8, 4) is 0 Å². The average molecular weight is 546 g/mol. The second-order valence-electron chi connectivity index (χ2n) is 6.42. The molecule has 0 aliphatic rings. The molecule has 0 bridgehead atoms. The van der Waals surface area contributed by atoms with E-state index >= 15 is 0 Å². The number of hydrogen-bond acceptors (Lipinski definition) is 6. The Balaban J connectivity index is 2.09. The fourth-order valence-electron chi connectivity index (χ4n) is 2.38. The van der Waals surface area contributed by atoms with Gasteiger partial charge in [-0.25, -0.2) is 8.42 Å². The van der Waals surface area contributed by atoms with Crippen LogP contribution < -0.4 is 21.1 Å². The Morgan fingerprint density at radius 2 is 1.87 bits per heavy atom. The number of allylic oxidation sites excluding steroid dienone is 1. The lowest BCUT2D eigenvalue weighted by Gasteiger charge is -2.14. The quantitative estimate of drug-likeness (QED) is 0.238. The van der Waals surface area contributed by atoms with Gasteiger partial charge >= 0.3 is 0 Å². The van der Waals surface area contributed by atoms with E-state index in [1.165, 1.54) is 22.8 Å². The zero-order valence-electron chi connectivity index (χ0n) is 16.6. The van der Waals surface area contributed by atoms with Gasteiger partial charge in [-0.1, -0.05) is 6.58 Å². The molecule has 3 N–H and O–H groups in total. The summed E-state index contributed by atoms with van der Waals surface area (Å²) in [5.74, 6) is -0.406. The molecule has 0 saturated heterocycles. The van der Waals surface area contributed by atoms with Crippen LogP contribution in [0.25, 0.3) is 0 Å². The molecule has 0 spiro atoms. The van der Waals surface area contributed by atoms with Crippen molar-refractivity contribution in [3.05, 3.63) is 68.3 Å². The van der Waals surface area contributed by atoms with Gasteiger partial charge in [-0.2, -0.15) is 0 Å². The Morgan fingerprint density at radius 1 is 1.20 bits per heavy atom. The monoisotopic (exact) mass is 546 g/mol. The zero-order valence-corrected chi connectivity index (χ0v) is 19.5. The zero-order chi connectivity index (χ0) is 22.3. The number of halogens is 1. The molecule has 0 unspecified atom stereocenters. The number of rotatable bonds is 10. The SMILES string of the molecule is C=C(C)NOCCNC(=O)Cn1c(C)ccc(NS(=O)(=O)c2ccc(I)cc2)c1=O. The molecular weight excluding hydrogens is 523 g/mol. The molecule has 0 atom stereocenters. The van der Waals surface area contributed by atoms with Crippen molar-refractivity contribution in [2.24, 2.45) is 0 Å². The third-order valence-electron chi connectivity index (χ3n) is 3.84. The lowest BCUT2D eigenvalue weighted by molar-refractivity contribution is -0.122. The molecule has 0 saturated carbocycles. The summed E-state index contributed by atoms with van der Waals surface area (Å²) in [7, 11) is -3.94. The number of amides is 1. The third kappa shape index (κ3) is 6.85. The first kappa shape index (κ1) is 23.9. The average Bonchev–Trinajstić information content (AvgIpc) is 2.67. The summed E-state index contributed by atoms with van der Waals surface area (Å²) in [4.78, 5) is 30.0. The lowest BCUT2D eigenvalue weighted by atomic mass is 10.3. The van der Waals surface area contributed by atoms with E-state index in [-0.39, 0.29) is 30.3 Å². The first-order valence-electron chi connectivity index (χ1n) is 8.89. The predicted octanol–water partition coefficient (Wildman–Crippen LogP) is 1.73. The number of aromatic nitrogens is 1. The van der Waals surface area contributed by atoms with Crippen molar-refractivity contribution in [2.45, 2.75) is 25.3 Å². The molecule has 0 radical (unpaired) electrons. The second-order valence-corrected chi connectivity index (χ2v) is 9.35. The van der Waals surface area contributed by atoms with Crippen molar-refractivity contribution in [2.75, 3.05) is 17.9 Å². The Kier molecular flexibility index (Phi) is 8.43. The molecule has 30 heavy (non-hydrogen) atoms. The maximum absolute atomic E-state index is 12.8. The molecule has 0 aliphatic carbocycles. The normalized spacial score (nSPS) is 11.0. The minimum absolute atomic E-state index is 0.0376. The summed E-state index contributed by atoms with van der Waals surface area (Å²) in [6.45, 7) is 7.18. The van der Waals surface area contributed by atoms with Crippen LogP contribution in [-0.2, 0) is 26.2 Å². The Morgan fingerprint density at radius 3 is 2.50 bits per heavy atom. The number of hydroxylamine groups is 1. The van der Waals surface area contributed by atoms with Gasteiger partial charge in [0.05, 0.1) is 11.5 Å². The molecule has 0 fully saturated rings. The van der Waals surface area contributed by atoms with Gasteiger partial charge in [0.15, 0.2) is 0 Å². The largest absolute Gasteiger partial charge is 0.352 e. The van der Waals surface area contributed by atoms with E-state index in [2.05, 4.69) is 44.7 Å². The maximum Gasteiger partial charge on any atom is 0.275 e. The van der Waals surface area contributed by atoms with Crippen LogP contribution in [0.1, 0.15) is 12.6 Å². The number of nitrogens with one attached hydrogen (secondary N) is 3. The van der Waals surface area contributed by atoms with Gasteiger partial charge in [0, 0.05) is 21.5 Å². The third-order valence-corrected chi connectivity index (χ3v) is 5.94. The Hall–Kier alpha value is -2.38. The van der Waals surface area contributed by atoms with E-state index < -0.39 is 21.5 Å². The molecule has 1 heterocycles. The first-order chi connectivity index (χ1) is 14.1. The number of carbonyl (C=O) groups is 1. The van der Waals surface area contributed by atoms with E-state index in [1.54, 1.807) is 32.0 Å². The van der Waals surface area contributed by atoms with Crippen molar-refractivity contribution in [1.29, 1.82) is 0 Å². The lowest BCUT2D eigenvalue weighted by Crippen LogP contribution is -2.36. The van der Waals surface area contributed by atoms with Crippen molar-refractivity contribution in [3.63, 3.8) is 0 Å². The van der Waals surface area contributed by atoms with E-state index in [9.17, 15) is 18.0 Å². The van der Waals surface area contributed by atoms with Crippen molar-refractivity contribution >= 4 is 44.2 Å². The van der Waals surface area contributed by atoms with Gasteiger partial charge in [0.1, 0.15) is 12.2 Å². The highest BCUT2D eigenvalue weighted by atomic mass is 127. The van der Waals surface area contributed by atoms with Crippen molar-refractivity contribution in [1.82, 2.24) is 15.4 Å². The number of benzene rings is 1. The predicted molar refractivity (Wildman–Crippen MR) is 122 cm³/mol. The smallest absolute Gasteiger partial charge is 0.275 e. The highest BCUT2D eigenvalue weighted by molar-refractivity contribution is 14.1. The van der Waals surface area contributed by atoms with E-state index in [1.807, 2.05) is 0 Å². The first-order valence-corrected chi connectivity index (χ1v) is 11.4. The molecule has 2 rings (SSSR count). The van der Waals surface area contributed by atoms with Gasteiger partial charge in [-0.15, -0.1) is 0 Å². The van der Waals surface area contributed by atoms with Crippen LogP contribution in [-0.4, -0.2) is 32.0 Å².